The van der Waals surface area contributed by atoms with Crippen molar-refractivity contribution >= 4 is 5.78 Å². The first-order valence-corrected chi connectivity index (χ1v) is 4.07. The molecule has 0 spiro atoms. The molecule has 1 heterocycles. The summed E-state index contributed by atoms with van der Waals surface area (Å²) in [5.41, 5.74) is 1.84. The summed E-state index contributed by atoms with van der Waals surface area (Å²) in [6, 6.07) is 7.63. The summed E-state index contributed by atoms with van der Waals surface area (Å²) >= 11 is 0. The first kappa shape index (κ1) is 7.50. The van der Waals surface area contributed by atoms with E-state index in [0.29, 0.717) is 19.6 Å². The maximum Gasteiger partial charge on any atom is 0.165 e. The van der Waals surface area contributed by atoms with Gasteiger partial charge in [-0.15, -0.1) is 0 Å². The molecular weight excluding hydrogens is 152 g/mol. The van der Waals surface area contributed by atoms with Crippen molar-refractivity contribution < 1.29 is 9.53 Å². The van der Waals surface area contributed by atoms with Gasteiger partial charge in [-0.25, -0.2) is 0 Å². The van der Waals surface area contributed by atoms with Crippen molar-refractivity contribution in [3.8, 4) is 0 Å². The lowest BCUT2D eigenvalue weighted by molar-refractivity contribution is 0.0899. The van der Waals surface area contributed by atoms with Gasteiger partial charge >= 0.3 is 0 Å². The lowest BCUT2D eigenvalue weighted by atomic mass is 10.0. The number of benzene rings is 1. The molecule has 12 heavy (non-hydrogen) atoms. The number of fused-ring (bicyclic) bond motifs is 1. The number of ketones is 1. The van der Waals surface area contributed by atoms with Crippen LogP contribution in [0.15, 0.2) is 24.3 Å². The molecule has 2 heteroatoms. The number of carbonyl (C=O) groups excluding carboxylic acids is 1. The molecule has 0 bridgehead atoms. The standard InChI is InChI=1S/C10H10O2/c11-10-5-6-12-7-8-3-1-2-4-9(8)10/h1-4H,5-7H2. The number of rotatable bonds is 0. The molecule has 0 radical (unpaired) electrons. The zero-order chi connectivity index (χ0) is 8.39. The largest absolute Gasteiger partial charge is 0.376 e. The normalized spacial score (nSPS) is 16.8. The van der Waals surface area contributed by atoms with Crippen LogP contribution in [-0.2, 0) is 11.3 Å². The minimum Gasteiger partial charge on any atom is -0.376 e. The second-order valence-corrected chi connectivity index (χ2v) is 2.88. The van der Waals surface area contributed by atoms with E-state index >= 15 is 0 Å². The van der Waals surface area contributed by atoms with Crippen molar-refractivity contribution in [1.82, 2.24) is 0 Å². The zero-order valence-corrected chi connectivity index (χ0v) is 6.75. The van der Waals surface area contributed by atoms with Crippen LogP contribution in [0.4, 0.5) is 0 Å². The van der Waals surface area contributed by atoms with Crippen LogP contribution >= 0.6 is 0 Å². The van der Waals surface area contributed by atoms with Gasteiger partial charge in [0.05, 0.1) is 13.2 Å². The Morgan fingerprint density at radius 3 is 3.00 bits per heavy atom. The Morgan fingerprint density at radius 1 is 1.25 bits per heavy atom. The second-order valence-electron chi connectivity index (χ2n) is 2.88. The van der Waals surface area contributed by atoms with Gasteiger partial charge in [-0.2, -0.15) is 0 Å². The highest BCUT2D eigenvalue weighted by atomic mass is 16.5. The maximum absolute atomic E-state index is 11.4. The monoisotopic (exact) mass is 162 g/mol. The zero-order valence-electron chi connectivity index (χ0n) is 6.75. The molecule has 0 aromatic heterocycles. The Morgan fingerprint density at radius 2 is 2.08 bits per heavy atom. The average Bonchev–Trinajstić information content (AvgIpc) is 2.29. The molecule has 1 aromatic carbocycles. The van der Waals surface area contributed by atoms with Crippen LogP contribution in [0.3, 0.4) is 0 Å². The first-order chi connectivity index (χ1) is 5.88. The van der Waals surface area contributed by atoms with Crippen LogP contribution in [0.2, 0.25) is 0 Å². The summed E-state index contributed by atoms with van der Waals surface area (Å²) in [5, 5.41) is 0. The van der Waals surface area contributed by atoms with Gasteiger partial charge in [0.25, 0.3) is 0 Å². The summed E-state index contributed by atoms with van der Waals surface area (Å²) in [4.78, 5) is 11.4. The lowest BCUT2D eigenvalue weighted by Gasteiger charge is -2.01. The van der Waals surface area contributed by atoms with E-state index in [1.807, 2.05) is 24.3 Å². The van der Waals surface area contributed by atoms with E-state index in [9.17, 15) is 4.79 Å². The smallest absolute Gasteiger partial charge is 0.165 e. The second kappa shape index (κ2) is 3.07. The molecule has 1 aliphatic rings. The van der Waals surface area contributed by atoms with Crippen molar-refractivity contribution in [3.05, 3.63) is 35.4 Å². The molecule has 0 N–H and O–H groups in total. The fraction of sp³-hybridized carbons (Fsp3) is 0.300. The molecule has 0 fully saturated rings. The lowest BCUT2D eigenvalue weighted by Crippen LogP contribution is -2.00. The number of carbonyl (C=O) groups is 1. The van der Waals surface area contributed by atoms with Gasteiger partial charge in [0.1, 0.15) is 0 Å². The minimum absolute atomic E-state index is 0.197. The number of hydrogen-bond donors (Lipinski definition) is 0. The van der Waals surface area contributed by atoms with Gasteiger partial charge in [-0.3, -0.25) is 4.79 Å². The predicted octanol–water partition coefficient (Wildman–Crippen LogP) is 1.79. The quantitative estimate of drug-likeness (QED) is 0.581. The molecule has 0 unspecified atom stereocenters. The third-order valence-corrected chi connectivity index (χ3v) is 2.05. The van der Waals surface area contributed by atoms with E-state index < -0.39 is 0 Å². The highest BCUT2D eigenvalue weighted by Gasteiger charge is 2.13. The summed E-state index contributed by atoms with van der Waals surface area (Å²) in [7, 11) is 0. The van der Waals surface area contributed by atoms with Crippen molar-refractivity contribution in [2.45, 2.75) is 13.0 Å². The Balaban J connectivity index is 2.46. The van der Waals surface area contributed by atoms with Crippen molar-refractivity contribution in [2.24, 2.45) is 0 Å². The number of Topliss-reactive ketones (excluding diaryl/α,β-unsaturated/α-hetero) is 1. The molecule has 62 valence electrons. The molecule has 0 saturated carbocycles. The van der Waals surface area contributed by atoms with Gasteiger partial charge in [0.15, 0.2) is 5.78 Å². The molecule has 2 nitrogen and oxygen atoms in total. The van der Waals surface area contributed by atoms with Gasteiger partial charge in [0, 0.05) is 12.0 Å². The fourth-order valence-electron chi connectivity index (χ4n) is 1.40. The molecule has 0 saturated heterocycles. The average molecular weight is 162 g/mol. The molecule has 0 atom stereocenters. The fourth-order valence-corrected chi connectivity index (χ4v) is 1.40. The van der Waals surface area contributed by atoms with Gasteiger partial charge in [0.2, 0.25) is 0 Å². The third kappa shape index (κ3) is 1.25. The van der Waals surface area contributed by atoms with Gasteiger partial charge in [-0.05, 0) is 5.56 Å². The van der Waals surface area contributed by atoms with Crippen LogP contribution in [0, 0.1) is 0 Å². The molecule has 1 aromatic rings. The van der Waals surface area contributed by atoms with E-state index in [0.717, 1.165) is 11.1 Å². The highest BCUT2D eigenvalue weighted by Crippen LogP contribution is 2.15. The maximum atomic E-state index is 11.4. The van der Waals surface area contributed by atoms with Crippen molar-refractivity contribution in [3.63, 3.8) is 0 Å². The van der Waals surface area contributed by atoms with Gasteiger partial charge < -0.3 is 4.74 Å². The third-order valence-electron chi connectivity index (χ3n) is 2.05. The Labute approximate surface area is 71.2 Å². The predicted molar refractivity (Wildman–Crippen MR) is 45.0 cm³/mol. The van der Waals surface area contributed by atoms with Crippen LogP contribution in [-0.4, -0.2) is 12.4 Å². The Hall–Kier alpha value is -1.15. The minimum atomic E-state index is 0.197. The Kier molecular flexibility index (Phi) is 1.92. The summed E-state index contributed by atoms with van der Waals surface area (Å²) in [5.74, 6) is 0.197. The van der Waals surface area contributed by atoms with Crippen LogP contribution in [0.25, 0.3) is 0 Å². The summed E-state index contributed by atoms with van der Waals surface area (Å²) in [6.45, 7) is 1.12. The van der Waals surface area contributed by atoms with Crippen molar-refractivity contribution in [1.29, 1.82) is 0 Å². The molecule has 0 aliphatic carbocycles. The molecule has 2 rings (SSSR count). The topological polar surface area (TPSA) is 26.3 Å². The number of hydrogen-bond acceptors (Lipinski definition) is 2. The summed E-state index contributed by atoms with van der Waals surface area (Å²) in [6.07, 6.45) is 0.511. The first-order valence-electron chi connectivity index (χ1n) is 4.07. The molecule has 1 aliphatic heterocycles. The van der Waals surface area contributed by atoms with E-state index in [1.54, 1.807) is 0 Å². The SMILES string of the molecule is O=C1CCOCc2ccccc21. The van der Waals surface area contributed by atoms with E-state index in [1.165, 1.54) is 0 Å². The van der Waals surface area contributed by atoms with E-state index in [-0.39, 0.29) is 5.78 Å². The van der Waals surface area contributed by atoms with E-state index in [2.05, 4.69) is 0 Å². The highest BCUT2D eigenvalue weighted by molar-refractivity contribution is 5.97. The van der Waals surface area contributed by atoms with Crippen LogP contribution in [0.1, 0.15) is 22.3 Å². The summed E-state index contributed by atoms with van der Waals surface area (Å²) < 4.78 is 5.27. The number of ether oxygens (including phenoxy) is 1. The van der Waals surface area contributed by atoms with Crippen LogP contribution < -0.4 is 0 Å². The van der Waals surface area contributed by atoms with Crippen molar-refractivity contribution in [2.75, 3.05) is 6.61 Å². The molecule has 0 amide bonds. The molecular formula is C10H10O2. The van der Waals surface area contributed by atoms with E-state index in [4.69, 9.17) is 4.74 Å². The van der Waals surface area contributed by atoms with Gasteiger partial charge in [-0.1, -0.05) is 24.3 Å². The van der Waals surface area contributed by atoms with Crippen LogP contribution in [0.5, 0.6) is 0 Å². The Bertz CT molecular complexity index is 304.